The van der Waals surface area contributed by atoms with Crippen molar-refractivity contribution in [2.75, 3.05) is 11.9 Å². The van der Waals surface area contributed by atoms with Crippen molar-refractivity contribution in [2.45, 2.75) is 19.9 Å². The summed E-state index contributed by atoms with van der Waals surface area (Å²) in [5.74, 6) is 0. The van der Waals surface area contributed by atoms with Crippen molar-refractivity contribution >= 4 is 22.3 Å². The highest BCUT2D eigenvalue weighted by Crippen LogP contribution is 2.27. The molecule has 4 nitrogen and oxygen atoms in total. The van der Waals surface area contributed by atoms with Gasteiger partial charge in [0.25, 0.3) is 5.56 Å². The summed E-state index contributed by atoms with van der Waals surface area (Å²) in [6.07, 6.45) is 0. The Balaban J connectivity index is 2.47. The van der Waals surface area contributed by atoms with Crippen LogP contribution in [-0.2, 0) is 7.05 Å². The lowest BCUT2D eigenvalue weighted by Crippen LogP contribution is -2.25. The number of rotatable bonds is 0. The minimum absolute atomic E-state index is 0.0107. The Bertz CT molecular complexity index is 743. The van der Waals surface area contributed by atoms with E-state index in [-0.39, 0.29) is 11.6 Å². The molecule has 1 aromatic heterocycles. The van der Waals surface area contributed by atoms with Crippen LogP contribution in [0.25, 0.3) is 10.9 Å². The van der Waals surface area contributed by atoms with Gasteiger partial charge in [0.05, 0.1) is 22.8 Å². The number of nitrogens with zero attached hydrogens (tertiary/aromatic N) is 2. The normalized spacial score (nSPS) is 18.5. The van der Waals surface area contributed by atoms with E-state index in [0.29, 0.717) is 5.56 Å². The zero-order chi connectivity index (χ0) is 13.6. The van der Waals surface area contributed by atoms with E-state index < -0.39 is 0 Å². The van der Waals surface area contributed by atoms with Crippen molar-refractivity contribution in [1.29, 1.82) is 0 Å². The van der Waals surface area contributed by atoms with Crippen LogP contribution in [0.2, 0.25) is 0 Å². The smallest absolute Gasteiger partial charge is 0.261 e. The number of aromatic nitrogens is 1. The van der Waals surface area contributed by atoms with E-state index in [9.17, 15) is 4.79 Å². The molecule has 1 aliphatic rings. The Kier molecular flexibility index (Phi) is 2.66. The highest BCUT2D eigenvalue weighted by Gasteiger charge is 2.20. The summed E-state index contributed by atoms with van der Waals surface area (Å²) in [5, 5.41) is 4.46. The van der Waals surface area contributed by atoms with Gasteiger partial charge in [-0.05, 0) is 19.9 Å². The lowest BCUT2D eigenvalue weighted by Gasteiger charge is -2.14. The molecular weight excluding hydrogens is 238 g/mol. The largest absolute Gasteiger partial charge is 0.382 e. The quantitative estimate of drug-likeness (QED) is 0.784. The zero-order valence-corrected chi connectivity index (χ0v) is 11.4. The third-order valence-corrected chi connectivity index (χ3v) is 3.65. The minimum Gasteiger partial charge on any atom is -0.382 e. The van der Waals surface area contributed by atoms with Gasteiger partial charge in [0.2, 0.25) is 0 Å². The lowest BCUT2D eigenvalue weighted by atomic mass is 10.1. The second kappa shape index (κ2) is 4.23. The summed E-state index contributed by atoms with van der Waals surface area (Å²) < 4.78 is 1.70. The van der Waals surface area contributed by atoms with Crippen LogP contribution in [0.3, 0.4) is 0 Å². The second-order valence-corrected chi connectivity index (χ2v) is 5.08. The topological polar surface area (TPSA) is 46.4 Å². The number of hydrogen-bond donors (Lipinski definition) is 1. The van der Waals surface area contributed by atoms with Crippen LogP contribution in [0.4, 0.5) is 5.69 Å². The van der Waals surface area contributed by atoms with Crippen LogP contribution in [0.15, 0.2) is 34.1 Å². The van der Waals surface area contributed by atoms with Gasteiger partial charge in [-0.15, -0.1) is 0 Å². The molecule has 19 heavy (non-hydrogen) atoms. The maximum absolute atomic E-state index is 12.5. The van der Waals surface area contributed by atoms with E-state index in [1.54, 1.807) is 4.57 Å². The Labute approximate surface area is 111 Å². The standard InChI is InChI=1S/C15H17N3O/c1-9-8-16-14-11-6-4-5-7-12(11)18(3)15(19)13(14)10(2)17-9/h4-7,9,16H,8H2,1-3H3/t9-/m1/s1. The number of hydrogen-bond acceptors (Lipinski definition) is 3. The third-order valence-electron chi connectivity index (χ3n) is 3.65. The van der Waals surface area contributed by atoms with Crippen molar-refractivity contribution in [2.24, 2.45) is 12.0 Å². The maximum atomic E-state index is 12.5. The predicted octanol–water partition coefficient (Wildman–Crippen LogP) is 2.16. The predicted molar refractivity (Wildman–Crippen MR) is 79.4 cm³/mol. The molecule has 1 N–H and O–H groups in total. The molecule has 2 aromatic rings. The molecule has 2 heterocycles. The molecular formula is C15H17N3O. The van der Waals surface area contributed by atoms with Crippen molar-refractivity contribution < 1.29 is 0 Å². The van der Waals surface area contributed by atoms with Gasteiger partial charge < -0.3 is 9.88 Å². The fourth-order valence-electron chi connectivity index (χ4n) is 2.71. The number of pyridine rings is 1. The van der Waals surface area contributed by atoms with Gasteiger partial charge in [-0.25, -0.2) is 0 Å². The average molecular weight is 255 g/mol. The number of para-hydroxylation sites is 1. The SMILES string of the molecule is CC1=N[C@H](C)CNc2c1c(=O)n(C)c1ccccc21. The summed E-state index contributed by atoms with van der Waals surface area (Å²) in [7, 11) is 1.81. The summed E-state index contributed by atoms with van der Waals surface area (Å²) >= 11 is 0. The van der Waals surface area contributed by atoms with Crippen LogP contribution >= 0.6 is 0 Å². The van der Waals surface area contributed by atoms with E-state index in [2.05, 4.69) is 17.2 Å². The van der Waals surface area contributed by atoms with E-state index in [4.69, 9.17) is 0 Å². The van der Waals surface area contributed by atoms with E-state index in [0.717, 1.165) is 28.8 Å². The molecule has 0 saturated heterocycles. The number of fused-ring (bicyclic) bond motifs is 3. The average Bonchev–Trinajstić information content (AvgIpc) is 2.55. The van der Waals surface area contributed by atoms with Gasteiger partial charge in [0, 0.05) is 24.7 Å². The van der Waals surface area contributed by atoms with Crippen LogP contribution < -0.4 is 10.9 Å². The second-order valence-electron chi connectivity index (χ2n) is 5.08. The van der Waals surface area contributed by atoms with Crippen LogP contribution in [0, 0.1) is 0 Å². The van der Waals surface area contributed by atoms with E-state index in [1.165, 1.54) is 0 Å². The molecule has 0 fully saturated rings. The number of benzene rings is 1. The van der Waals surface area contributed by atoms with Gasteiger partial charge in [-0.3, -0.25) is 9.79 Å². The van der Waals surface area contributed by atoms with Gasteiger partial charge >= 0.3 is 0 Å². The number of anilines is 1. The molecule has 4 heteroatoms. The number of aryl methyl sites for hydroxylation is 1. The van der Waals surface area contributed by atoms with Crippen LogP contribution in [0.1, 0.15) is 19.4 Å². The van der Waals surface area contributed by atoms with Crippen molar-refractivity contribution in [1.82, 2.24) is 4.57 Å². The summed E-state index contributed by atoms with van der Waals surface area (Å²) in [6, 6.07) is 8.14. The van der Waals surface area contributed by atoms with Crippen molar-refractivity contribution in [3.05, 3.63) is 40.2 Å². The molecule has 0 radical (unpaired) electrons. The summed E-state index contributed by atoms with van der Waals surface area (Å²) in [6.45, 7) is 4.72. The fourth-order valence-corrected chi connectivity index (χ4v) is 2.71. The Morgan fingerprint density at radius 3 is 2.89 bits per heavy atom. The minimum atomic E-state index is 0.0107. The molecule has 0 unspecified atom stereocenters. The number of aliphatic imine (C=N–C) groups is 1. The molecule has 98 valence electrons. The highest BCUT2D eigenvalue weighted by atomic mass is 16.1. The Morgan fingerprint density at radius 1 is 1.37 bits per heavy atom. The first-order valence-electron chi connectivity index (χ1n) is 6.50. The van der Waals surface area contributed by atoms with Crippen molar-refractivity contribution in [3.63, 3.8) is 0 Å². The van der Waals surface area contributed by atoms with E-state index >= 15 is 0 Å². The Hall–Kier alpha value is -2.10. The van der Waals surface area contributed by atoms with Gasteiger partial charge in [-0.1, -0.05) is 18.2 Å². The molecule has 1 aliphatic heterocycles. The first-order valence-corrected chi connectivity index (χ1v) is 6.50. The maximum Gasteiger partial charge on any atom is 0.261 e. The first-order chi connectivity index (χ1) is 9.09. The molecule has 1 aromatic carbocycles. The van der Waals surface area contributed by atoms with Crippen LogP contribution in [-0.4, -0.2) is 22.9 Å². The zero-order valence-electron chi connectivity index (χ0n) is 11.4. The van der Waals surface area contributed by atoms with Gasteiger partial charge in [0.1, 0.15) is 0 Å². The molecule has 0 spiro atoms. The van der Waals surface area contributed by atoms with Gasteiger partial charge in [0.15, 0.2) is 0 Å². The molecule has 0 aliphatic carbocycles. The van der Waals surface area contributed by atoms with Crippen LogP contribution in [0.5, 0.6) is 0 Å². The summed E-state index contributed by atoms with van der Waals surface area (Å²) in [4.78, 5) is 17.1. The first kappa shape index (κ1) is 12.0. The molecule has 3 rings (SSSR count). The Morgan fingerprint density at radius 2 is 2.11 bits per heavy atom. The molecule has 1 atom stereocenters. The lowest BCUT2D eigenvalue weighted by molar-refractivity contribution is 0.788. The van der Waals surface area contributed by atoms with Gasteiger partial charge in [-0.2, -0.15) is 0 Å². The highest BCUT2D eigenvalue weighted by molar-refractivity contribution is 6.10. The molecule has 0 bridgehead atoms. The fraction of sp³-hybridized carbons (Fsp3) is 0.333. The third kappa shape index (κ3) is 1.75. The number of nitrogens with one attached hydrogen (secondary N) is 1. The van der Waals surface area contributed by atoms with E-state index in [1.807, 2.05) is 38.2 Å². The van der Waals surface area contributed by atoms with Crippen molar-refractivity contribution in [3.8, 4) is 0 Å². The molecule has 0 saturated carbocycles. The monoisotopic (exact) mass is 255 g/mol. The molecule has 0 amide bonds. The summed E-state index contributed by atoms with van der Waals surface area (Å²) in [5.41, 5.74) is 3.39.